The first-order valence-electron chi connectivity index (χ1n) is 4.41. The minimum absolute atomic E-state index is 0.0856. The Morgan fingerprint density at radius 2 is 2.36 bits per heavy atom. The van der Waals surface area contributed by atoms with Gasteiger partial charge in [-0.05, 0) is 13.3 Å². The summed E-state index contributed by atoms with van der Waals surface area (Å²) >= 11 is 0. The maximum Gasteiger partial charge on any atom is 0.306 e. The van der Waals surface area contributed by atoms with E-state index in [0.717, 1.165) is 0 Å². The molecule has 0 aliphatic heterocycles. The number of carboxylic acids is 1. The first kappa shape index (κ1) is 12.6. The third-order valence-electron chi connectivity index (χ3n) is 1.83. The molecule has 1 N–H and O–H groups in total. The van der Waals surface area contributed by atoms with Crippen LogP contribution in [0.1, 0.15) is 26.2 Å². The first-order chi connectivity index (χ1) is 6.61. The Morgan fingerprint density at radius 3 is 2.50 bits per heavy atom. The van der Waals surface area contributed by atoms with Gasteiger partial charge in [0.2, 0.25) is 0 Å². The monoisotopic (exact) mass is 202 g/mol. The molecule has 14 heavy (non-hydrogen) atoms. The van der Waals surface area contributed by atoms with Gasteiger partial charge >= 0.3 is 5.97 Å². The lowest BCUT2D eigenvalue weighted by Crippen LogP contribution is -2.09. The number of Topliss-reactive ketones (excluding diaryl/α,β-unsaturated/α-hetero) is 1. The van der Waals surface area contributed by atoms with Crippen LogP contribution in [0.3, 0.4) is 0 Å². The van der Waals surface area contributed by atoms with E-state index in [0.29, 0.717) is 25.9 Å². The Morgan fingerprint density at radius 1 is 1.71 bits per heavy atom. The SMILES string of the molecule is CCOC=O.O=C1CCC(C(=O)O)C1. The second-order valence-corrected chi connectivity index (χ2v) is 2.87. The number of ether oxygens (including phenoxy) is 1. The lowest BCUT2D eigenvalue weighted by molar-refractivity contribution is -0.142. The molecule has 1 rings (SSSR count). The van der Waals surface area contributed by atoms with Gasteiger partial charge in [-0.1, -0.05) is 0 Å². The number of hydrogen-bond donors (Lipinski definition) is 1. The minimum atomic E-state index is -0.833. The normalized spacial score (nSPS) is 19.5. The van der Waals surface area contributed by atoms with Crippen molar-refractivity contribution in [2.24, 2.45) is 5.92 Å². The van der Waals surface area contributed by atoms with Gasteiger partial charge in [-0.15, -0.1) is 0 Å². The number of aliphatic carboxylic acids is 1. The second-order valence-electron chi connectivity index (χ2n) is 2.87. The number of hydrogen-bond acceptors (Lipinski definition) is 4. The van der Waals surface area contributed by atoms with E-state index >= 15 is 0 Å². The Kier molecular flexibility index (Phi) is 6.36. The molecule has 80 valence electrons. The predicted molar refractivity (Wildman–Crippen MR) is 47.7 cm³/mol. The average Bonchev–Trinajstić information content (AvgIpc) is 2.54. The summed E-state index contributed by atoms with van der Waals surface area (Å²) in [5, 5.41) is 8.38. The number of ketones is 1. The van der Waals surface area contributed by atoms with E-state index in [4.69, 9.17) is 5.11 Å². The van der Waals surface area contributed by atoms with Crippen molar-refractivity contribution in [2.75, 3.05) is 6.61 Å². The van der Waals surface area contributed by atoms with Crippen molar-refractivity contribution >= 4 is 18.2 Å². The molecule has 0 bridgehead atoms. The fourth-order valence-electron chi connectivity index (χ4n) is 1.09. The summed E-state index contributed by atoms with van der Waals surface area (Å²) in [6, 6.07) is 0. The summed E-state index contributed by atoms with van der Waals surface area (Å²) in [4.78, 5) is 29.9. The van der Waals surface area contributed by atoms with Gasteiger partial charge in [0, 0.05) is 12.8 Å². The van der Waals surface area contributed by atoms with Crippen molar-refractivity contribution in [2.45, 2.75) is 26.2 Å². The molecule has 1 aliphatic carbocycles. The largest absolute Gasteiger partial charge is 0.481 e. The highest BCUT2D eigenvalue weighted by Crippen LogP contribution is 2.21. The lowest BCUT2D eigenvalue weighted by Gasteiger charge is -1.96. The van der Waals surface area contributed by atoms with Crippen LogP contribution < -0.4 is 0 Å². The zero-order chi connectivity index (χ0) is 11.0. The third-order valence-corrected chi connectivity index (χ3v) is 1.83. The molecule has 0 radical (unpaired) electrons. The van der Waals surface area contributed by atoms with Gasteiger partial charge in [0.05, 0.1) is 12.5 Å². The molecule has 0 spiro atoms. The molecule has 1 fully saturated rings. The van der Waals surface area contributed by atoms with Crippen molar-refractivity contribution in [3.05, 3.63) is 0 Å². The van der Waals surface area contributed by atoms with Crippen molar-refractivity contribution < 1.29 is 24.2 Å². The fraction of sp³-hybridized carbons (Fsp3) is 0.667. The summed E-state index contributed by atoms with van der Waals surface area (Å²) in [5.74, 6) is -1.14. The zero-order valence-electron chi connectivity index (χ0n) is 8.06. The van der Waals surface area contributed by atoms with Crippen LogP contribution in [-0.2, 0) is 19.1 Å². The number of carbonyl (C=O) groups is 3. The van der Waals surface area contributed by atoms with Crippen LogP contribution in [0.5, 0.6) is 0 Å². The Bertz CT molecular complexity index is 211. The van der Waals surface area contributed by atoms with Crippen molar-refractivity contribution in [3.63, 3.8) is 0 Å². The van der Waals surface area contributed by atoms with Crippen LogP contribution >= 0.6 is 0 Å². The summed E-state index contributed by atoms with van der Waals surface area (Å²) < 4.78 is 4.15. The molecular formula is C9H14O5. The van der Waals surface area contributed by atoms with Gasteiger partial charge in [0.15, 0.2) is 0 Å². The lowest BCUT2D eigenvalue weighted by atomic mass is 10.1. The Balaban J connectivity index is 0.000000292. The van der Waals surface area contributed by atoms with Crippen molar-refractivity contribution in [1.82, 2.24) is 0 Å². The van der Waals surface area contributed by atoms with Crippen LogP contribution in [-0.4, -0.2) is 29.9 Å². The van der Waals surface area contributed by atoms with Crippen molar-refractivity contribution in [1.29, 1.82) is 0 Å². The summed E-state index contributed by atoms with van der Waals surface area (Å²) in [6.45, 7) is 2.66. The summed E-state index contributed by atoms with van der Waals surface area (Å²) in [6.07, 6.45) is 1.24. The molecule has 1 unspecified atom stereocenters. The summed E-state index contributed by atoms with van der Waals surface area (Å²) in [7, 11) is 0. The molecule has 1 atom stereocenters. The molecule has 0 aromatic rings. The van der Waals surface area contributed by atoms with E-state index in [1.807, 2.05) is 0 Å². The van der Waals surface area contributed by atoms with E-state index in [9.17, 15) is 14.4 Å². The highest BCUT2D eigenvalue weighted by atomic mass is 16.5. The maximum absolute atomic E-state index is 10.5. The van der Waals surface area contributed by atoms with Gasteiger partial charge < -0.3 is 9.84 Å². The smallest absolute Gasteiger partial charge is 0.306 e. The van der Waals surface area contributed by atoms with Crippen LogP contribution in [0, 0.1) is 5.92 Å². The molecule has 5 heteroatoms. The van der Waals surface area contributed by atoms with Gasteiger partial charge in [-0.2, -0.15) is 0 Å². The van der Waals surface area contributed by atoms with Crippen LogP contribution in [0.25, 0.3) is 0 Å². The third kappa shape index (κ3) is 5.29. The molecule has 0 aromatic heterocycles. The van der Waals surface area contributed by atoms with E-state index in [-0.39, 0.29) is 12.2 Å². The predicted octanol–water partition coefficient (Wildman–Crippen LogP) is 0.619. The quantitative estimate of drug-likeness (QED) is 0.678. The summed E-state index contributed by atoms with van der Waals surface area (Å²) in [5.41, 5.74) is 0. The Labute approximate surface area is 82.1 Å². The van der Waals surface area contributed by atoms with Crippen LogP contribution in [0.4, 0.5) is 0 Å². The number of carbonyl (C=O) groups excluding carboxylic acids is 2. The van der Waals surface area contributed by atoms with E-state index in [2.05, 4.69) is 4.74 Å². The van der Waals surface area contributed by atoms with E-state index < -0.39 is 11.9 Å². The molecule has 1 aliphatic rings. The fourth-order valence-corrected chi connectivity index (χ4v) is 1.09. The van der Waals surface area contributed by atoms with Crippen LogP contribution in [0.2, 0.25) is 0 Å². The van der Waals surface area contributed by atoms with Crippen LogP contribution in [0.15, 0.2) is 0 Å². The van der Waals surface area contributed by atoms with Gasteiger partial charge in [-0.25, -0.2) is 0 Å². The number of rotatable bonds is 3. The molecule has 5 nitrogen and oxygen atoms in total. The van der Waals surface area contributed by atoms with Crippen molar-refractivity contribution in [3.8, 4) is 0 Å². The molecule has 0 aromatic carbocycles. The van der Waals surface area contributed by atoms with E-state index in [1.54, 1.807) is 6.92 Å². The molecule has 1 saturated carbocycles. The minimum Gasteiger partial charge on any atom is -0.481 e. The highest BCUT2D eigenvalue weighted by molar-refractivity contribution is 5.87. The Hall–Kier alpha value is -1.39. The molecule has 0 saturated heterocycles. The number of carboxylic acid groups (broad SMARTS) is 1. The first-order valence-corrected chi connectivity index (χ1v) is 4.41. The maximum atomic E-state index is 10.5. The second kappa shape index (κ2) is 7.06. The highest BCUT2D eigenvalue weighted by Gasteiger charge is 2.27. The standard InChI is InChI=1S/C6H8O3.C3H6O2/c7-5-2-1-4(3-5)6(8)9;1-2-5-3-4/h4H,1-3H2,(H,8,9);3H,2H2,1H3. The molecular weight excluding hydrogens is 188 g/mol. The average molecular weight is 202 g/mol. The topological polar surface area (TPSA) is 80.7 Å². The molecule has 0 amide bonds. The van der Waals surface area contributed by atoms with Gasteiger partial charge in [0.1, 0.15) is 5.78 Å². The van der Waals surface area contributed by atoms with Gasteiger partial charge in [0.25, 0.3) is 6.47 Å². The zero-order valence-corrected chi connectivity index (χ0v) is 8.06. The molecule has 0 heterocycles. The van der Waals surface area contributed by atoms with E-state index in [1.165, 1.54) is 0 Å². The van der Waals surface area contributed by atoms with Gasteiger partial charge in [-0.3, -0.25) is 14.4 Å².